The first-order chi connectivity index (χ1) is 14.8. The van der Waals surface area contributed by atoms with Crippen molar-refractivity contribution in [2.24, 2.45) is 0 Å². The molecule has 166 valence electrons. The maximum absolute atomic E-state index is 12.2. The van der Waals surface area contributed by atoms with Gasteiger partial charge in [-0.3, -0.25) is 9.52 Å². The van der Waals surface area contributed by atoms with E-state index in [1.807, 2.05) is 0 Å². The maximum atomic E-state index is 12.2. The number of hydrogen-bond donors (Lipinski definition) is 3. The van der Waals surface area contributed by atoms with Crippen molar-refractivity contribution in [3.63, 3.8) is 0 Å². The molecule has 2 aromatic rings. The zero-order valence-corrected chi connectivity index (χ0v) is 18.2. The zero-order valence-electron chi connectivity index (χ0n) is 17.4. The minimum absolute atomic E-state index is 0.0505. The average molecular weight is 449 g/mol. The number of amides is 1. The van der Waals surface area contributed by atoms with Gasteiger partial charge in [-0.15, -0.1) is 0 Å². The van der Waals surface area contributed by atoms with Gasteiger partial charge in [-0.1, -0.05) is 0 Å². The van der Waals surface area contributed by atoms with Crippen LogP contribution in [0.3, 0.4) is 0 Å². The van der Waals surface area contributed by atoms with Crippen LogP contribution in [-0.4, -0.2) is 48.8 Å². The highest BCUT2D eigenvalue weighted by atomic mass is 32.2. The molecule has 3 N–H and O–H groups in total. The molecule has 0 aliphatic rings. The number of benzene rings is 2. The van der Waals surface area contributed by atoms with Gasteiger partial charge in [0.2, 0.25) is 0 Å². The van der Waals surface area contributed by atoms with E-state index >= 15 is 0 Å². The van der Waals surface area contributed by atoms with Crippen LogP contribution in [0.25, 0.3) is 12.2 Å². The Balaban J connectivity index is 2.15. The molecular weight excluding hydrogens is 426 g/mol. The molecule has 0 aliphatic carbocycles. The van der Waals surface area contributed by atoms with Crippen molar-refractivity contribution in [3.8, 4) is 34.5 Å². The summed E-state index contributed by atoms with van der Waals surface area (Å²) in [4.78, 5) is 12.2. The Kier molecular flexibility index (Phi) is 8.33. The van der Waals surface area contributed by atoms with Crippen molar-refractivity contribution in [2.45, 2.75) is 0 Å². The van der Waals surface area contributed by atoms with Gasteiger partial charge >= 0.3 is 0 Å². The monoisotopic (exact) mass is 449 g/mol. The normalized spacial score (nSPS) is 12.0. The van der Waals surface area contributed by atoms with E-state index in [4.69, 9.17) is 18.9 Å². The lowest BCUT2D eigenvalue weighted by Gasteiger charge is -2.11. The molecule has 31 heavy (non-hydrogen) atoms. The van der Waals surface area contributed by atoms with Crippen LogP contribution in [0.4, 0.5) is 0 Å². The molecule has 0 bridgehead atoms. The predicted octanol–water partition coefficient (Wildman–Crippen LogP) is 2.60. The highest BCUT2D eigenvalue weighted by Gasteiger charge is 2.12. The van der Waals surface area contributed by atoms with Crippen LogP contribution in [0.15, 0.2) is 35.7 Å². The highest BCUT2D eigenvalue weighted by Crippen LogP contribution is 2.35. The number of phenols is 2. The summed E-state index contributed by atoms with van der Waals surface area (Å²) in [6, 6.07) is 5.51. The van der Waals surface area contributed by atoms with Crippen LogP contribution in [0.1, 0.15) is 11.1 Å². The lowest BCUT2D eigenvalue weighted by atomic mass is 10.1. The van der Waals surface area contributed by atoms with E-state index in [-0.39, 0.29) is 11.5 Å². The van der Waals surface area contributed by atoms with E-state index in [0.29, 0.717) is 34.1 Å². The van der Waals surface area contributed by atoms with Gasteiger partial charge < -0.3 is 29.2 Å². The molecule has 0 aliphatic heterocycles. The molecule has 0 aromatic heterocycles. The number of aromatic hydroxyl groups is 2. The third-order valence-corrected chi connectivity index (χ3v) is 4.80. The highest BCUT2D eigenvalue weighted by molar-refractivity contribution is 7.86. The summed E-state index contributed by atoms with van der Waals surface area (Å²) in [6.07, 6.45) is 4.02. The minimum Gasteiger partial charge on any atom is -0.508 e. The van der Waals surface area contributed by atoms with E-state index in [1.54, 1.807) is 0 Å². The van der Waals surface area contributed by atoms with Gasteiger partial charge in [-0.25, -0.2) is 4.21 Å². The van der Waals surface area contributed by atoms with Crippen molar-refractivity contribution in [1.82, 2.24) is 4.72 Å². The van der Waals surface area contributed by atoms with Gasteiger partial charge in [0.05, 0.1) is 39.6 Å². The Hall–Kier alpha value is -3.66. The van der Waals surface area contributed by atoms with E-state index in [0.717, 1.165) is 6.08 Å². The van der Waals surface area contributed by atoms with E-state index in [9.17, 15) is 19.2 Å². The Bertz CT molecular complexity index is 901. The van der Waals surface area contributed by atoms with Crippen LogP contribution in [-0.2, 0) is 15.8 Å². The lowest BCUT2D eigenvalue weighted by Crippen LogP contribution is -2.21. The molecule has 0 spiro atoms. The van der Waals surface area contributed by atoms with Gasteiger partial charge in [0.15, 0.2) is 0 Å². The first kappa shape index (κ1) is 23.6. The molecule has 1 atom stereocenters. The fraction of sp³-hybridized carbons (Fsp3) is 0.190. The first-order valence-electron chi connectivity index (χ1n) is 8.80. The Morgan fingerprint density at radius 1 is 0.806 bits per heavy atom. The molecule has 0 saturated heterocycles. The molecule has 0 radical (unpaired) electrons. The molecule has 2 rings (SSSR count). The van der Waals surface area contributed by atoms with Crippen molar-refractivity contribution in [3.05, 3.63) is 46.9 Å². The maximum Gasteiger partial charge on any atom is 0.255 e. The number of methoxy groups -OCH3 is 4. The lowest BCUT2D eigenvalue weighted by molar-refractivity contribution is -0.114. The minimum atomic E-state index is -1.86. The van der Waals surface area contributed by atoms with Crippen LogP contribution in [0.2, 0.25) is 0 Å². The standard InChI is InChI=1S/C21H23NO8S/c1-27-17-9-13(23)10-18(28-2)15(17)5-6-21(25)22-31(26)8-7-16-19(29-3)11-14(24)12-20(16)30-4/h5-12,23-24H,1-4H3,(H,22,25)/b6-5-,8-7+. The summed E-state index contributed by atoms with van der Waals surface area (Å²) in [7, 11) is 3.80. The van der Waals surface area contributed by atoms with Crippen molar-refractivity contribution < 1.29 is 38.2 Å². The molecule has 10 heteroatoms. The molecular formula is C21H23NO8S. The number of carbonyl (C=O) groups excluding carboxylic acids is 1. The molecule has 0 fully saturated rings. The number of ether oxygens (including phenoxy) is 4. The molecule has 0 saturated carbocycles. The molecule has 1 unspecified atom stereocenters. The number of hydrogen-bond acceptors (Lipinski definition) is 8. The largest absolute Gasteiger partial charge is 0.508 e. The van der Waals surface area contributed by atoms with Crippen LogP contribution in [0.5, 0.6) is 34.5 Å². The second kappa shape index (κ2) is 10.9. The van der Waals surface area contributed by atoms with E-state index in [1.165, 1.54) is 70.3 Å². The van der Waals surface area contributed by atoms with Crippen LogP contribution < -0.4 is 23.7 Å². The molecule has 2 aromatic carbocycles. The van der Waals surface area contributed by atoms with E-state index < -0.39 is 16.9 Å². The van der Waals surface area contributed by atoms with Gasteiger partial charge in [-0.05, 0) is 12.2 Å². The van der Waals surface area contributed by atoms with Gasteiger partial charge in [0.25, 0.3) is 5.91 Å². The summed E-state index contributed by atoms with van der Waals surface area (Å²) in [5.74, 6) is 0.476. The summed E-state index contributed by atoms with van der Waals surface area (Å²) in [5, 5.41) is 20.6. The second-order valence-electron chi connectivity index (χ2n) is 5.93. The van der Waals surface area contributed by atoms with Crippen LogP contribution in [0, 0.1) is 0 Å². The summed E-state index contributed by atoms with van der Waals surface area (Å²) in [6.45, 7) is 0. The number of carbonyl (C=O) groups is 1. The molecule has 9 nitrogen and oxygen atoms in total. The van der Waals surface area contributed by atoms with E-state index in [2.05, 4.69) is 4.72 Å². The number of nitrogens with one attached hydrogen (secondary N) is 1. The Morgan fingerprint density at radius 2 is 1.19 bits per heavy atom. The van der Waals surface area contributed by atoms with Crippen molar-refractivity contribution >= 4 is 29.0 Å². The quantitative estimate of drug-likeness (QED) is 0.499. The summed E-state index contributed by atoms with van der Waals surface area (Å²) >= 11 is 0. The van der Waals surface area contributed by atoms with Gasteiger partial charge in [-0.2, -0.15) is 0 Å². The summed E-state index contributed by atoms with van der Waals surface area (Å²) < 4.78 is 35.3. The number of rotatable bonds is 9. The fourth-order valence-electron chi connectivity index (χ4n) is 2.63. The topological polar surface area (TPSA) is 124 Å². The third kappa shape index (κ3) is 6.16. The SMILES string of the molecule is COc1cc(O)cc(OC)c1/C=C\C(=O)NS(=O)/C=C/c1c(OC)cc(O)cc1OC. The van der Waals surface area contributed by atoms with Gasteiger partial charge in [0.1, 0.15) is 45.5 Å². The predicted molar refractivity (Wildman–Crippen MR) is 117 cm³/mol. The van der Waals surface area contributed by atoms with Crippen molar-refractivity contribution in [2.75, 3.05) is 28.4 Å². The summed E-state index contributed by atoms with van der Waals surface area (Å²) in [5.41, 5.74) is 0.873. The molecule has 0 heterocycles. The van der Waals surface area contributed by atoms with Crippen LogP contribution >= 0.6 is 0 Å². The molecule has 1 amide bonds. The zero-order chi connectivity index (χ0) is 23.0. The second-order valence-corrected chi connectivity index (χ2v) is 7.00. The third-order valence-electron chi connectivity index (χ3n) is 4.02. The smallest absolute Gasteiger partial charge is 0.255 e. The Morgan fingerprint density at radius 3 is 1.58 bits per heavy atom. The van der Waals surface area contributed by atoms with Gasteiger partial charge in [0, 0.05) is 35.7 Å². The van der Waals surface area contributed by atoms with Crippen molar-refractivity contribution in [1.29, 1.82) is 0 Å². The first-order valence-corrected chi connectivity index (χ1v) is 10.0. The fourth-order valence-corrected chi connectivity index (χ4v) is 3.23. The Labute approximate surface area is 182 Å². The number of phenolic OH excluding ortho intramolecular Hbond substituents is 2. The average Bonchev–Trinajstić information content (AvgIpc) is 2.75.